The molecule has 0 radical (unpaired) electrons. The molecule has 0 saturated carbocycles. The van der Waals surface area contributed by atoms with Crippen molar-refractivity contribution in [2.45, 2.75) is 236 Å². The minimum atomic E-state index is -1.53. The molecule has 2 N–H and O–H groups in total. The molecule has 0 fully saturated rings. The third kappa shape index (κ3) is 12.8. The Morgan fingerprint density at radius 2 is 0.656 bits per heavy atom. The van der Waals surface area contributed by atoms with Gasteiger partial charge in [-0.2, -0.15) is 0 Å². The smallest absolute Gasteiger partial charge is 0.166 e. The molecule has 6 nitrogen and oxygen atoms in total. The van der Waals surface area contributed by atoms with Gasteiger partial charge in [-0.25, -0.2) is 8.78 Å². The van der Waals surface area contributed by atoms with Crippen LogP contribution in [0.2, 0.25) is 0 Å². The molecule has 8 heteroatoms. The number of aromatic nitrogens is 2. The maximum Gasteiger partial charge on any atom is 0.166 e. The van der Waals surface area contributed by atoms with Crippen molar-refractivity contribution in [1.29, 1.82) is 0 Å². The third-order valence-corrected chi connectivity index (χ3v) is 19.6. The molecule has 4 atom stereocenters. The van der Waals surface area contributed by atoms with E-state index in [1.165, 1.54) is 12.2 Å². The number of fused-ring (bicyclic) bond motifs is 6. The van der Waals surface area contributed by atoms with Crippen LogP contribution in [0.3, 0.4) is 0 Å². The number of rotatable bonds is 11. The van der Waals surface area contributed by atoms with Gasteiger partial charge in [-0.3, -0.25) is 9.59 Å². The van der Waals surface area contributed by atoms with Crippen molar-refractivity contribution in [3.8, 4) is 22.9 Å². The van der Waals surface area contributed by atoms with Gasteiger partial charge in [-0.15, -0.1) is 0 Å². The number of alkyl halides is 2. The van der Waals surface area contributed by atoms with Gasteiger partial charge in [-0.05, 0) is 176 Å². The number of allylic oxidation sites excluding steroid dienone is 4. The number of carbonyl (C=O) groups excluding carboxylic acids is 2. The number of phenolic OH excluding ortho intramolecular Hbond substituents is 2. The lowest BCUT2D eigenvalue weighted by atomic mass is 9.71. The molecule has 478 valence electrons. The normalized spacial score (nSPS) is 18.8. The van der Waals surface area contributed by atoms with Crippen molar-refractivity contribution in [3.63, 3.8) is 0 Å². The largest absolute Gasteiger partial charge is 0.505 e. The van der Waals surface area contributed by atoms with Crippen molar-refractivity contribution in [1.82, 2.24) is 9.13 Å². The molecule has 0 amide bonds. The van der Waals surface area contributed by atoms with E-state index < -0.39 is 35.0 Å². The van der Waals surface area contributed by atoms with E-state index in [0.717, 1.165) is 89.8 Å². The number of phenols is 2. The lowest BCUT2D eigenvalue weighted by molar-refractivity contribution is -0.121. The second-order valence-electron chi connectivity index (χ2n) is 35.0. The third-order valence-electron chi connectivity index (χ3n) is 19.6. The van der Waals surface area contributed by atoms with Crippen LogP contribution in [-0.4, -0.2) is 43.3 Å². The van der Waals surface area contributed by atoms with E-state index >= 15 is 18.4 Å². The fourth-order valence-corrected chi connectivity index (χ4v) is 15.3. The summed E-state index contributed by atoms with van der Waals surface area (Å²) >= 11 is 0. The molecule has 0 saturated heterocycles. The maximum atomic E-state index is 16.8. The monoisotopic (exact) mass is 1220 g/mol. The number of aromatic hydroxyl groups is 2. The van der Waals surface area contributed by atoms with E-state index in [1.54, 1.807) is 0 Å². The van der Waals surface area contributed by atoms with Crippen LogP contribution in [0.1, 0.15) is 235 Å². The standard InChI is InChI=1S/C82H102F2N2O4/c1-75(2,3)45-81(19,20)53-35-61(73(89)69(41-53)85-65-37-49(77(7,8)9)25-29-57(65)58-30-26-50(38-66(58)85)78(10,11)12)63-43-55(83)33-47(71(63)87)23-24-48-34-56(84)44-64(72(48)88)62-36-54(82(21,22)46-76(4,5)6)42-70(74(62)90)86-67-39-51(79(13,14)15)27-31-59(67)60-32-28-52(40-68(60)86)80(16,17)18/h25-32,35-44,47-48,55-56,89-90H,23-24,33-34,45-46H2,1-22H3. The van der Waals surface area contributed by atoms with E-state index in [9.17, 15) is 10.2 Å². The minimum Gasteiger partial charge on any atom is -0.505 e. The minimum absolute atomic E-state index is 0.0942. The first-order valence-corrected chi connectivity index (χ1v) is 33.1. The number of halogens is 2. The molecule has 2 aromatic heterocycles. The molecular formula is C82H102F2N2O4. The van der Waals surface area contributed by atoms with Gasteiger partial charge in [0.1, 0.15) is 23.8 Å². The Balaban J connectivity index is 1.07. The summed E-state index contributed by atoms with van der Waals surface area (Å²) in [4.78, 5) is 30.9. The number of benzene rings is 6. The first kappa shape index (κ1) is 66.1. The zero-order valence-electron chi connectivity index (χ0n) is 58.3. The second-order valence-corrected chi connectivity index (χ2v) is 35.0. The zero-order chi connectivity index (χ0) is 66.3. The predicted octanol–water partition coefficient (Wildman–Crippen LogP) is 22.0. The van der Waals surface area contributed by atoms with Crippen LogP contribution in [0.5, 0.6) is 11.5 Å². The highest BCUT2D eigenvalue weighted by Gasteiger charge is 2.40. The van der Waals surface area contributed by atoms with Gasteiger partial charge in [0.15, 0.2) is 11.6 Å². The average molecular weight is 1220 g/mol. The molecule has 2 heterocycles. The quantitative estimate of drug-likeness (QED) is 0.135. The van der Waals surface area contributed by atoms with Crippen LogP contribution in [0.15, 0.2) is 109 Å². The van der Waals surface area contributed by atoms with E-state index in [1.807, 2.05) is 12.1 Å². The summed E-state index contributed by atoms with van der Waals surface area (Å²) in [5.41, 5.74) is 9.90. The van der Waals surface area contributed by atoms with E-state index in [0.29, 0.717) is 11.4 Å². The summed E-state index contributed by atoms with van der Waals surface area (Å²) < 4.78 is 38.0. The highest BCUT2D eigenvalue weighted by Crippen LogP contribution is 2.50. The first-order chi connectivity index (χ1) is 41.3. The Hall–Kier alpha value is -6.80. The molecule has 4 unspecified atom stereocenters. The molecule has 2 aliphatic carbocycles. The fourth-order valence-electron chi connectivity index (χ4n) is 15.3. The van der Waals surface area contributed by atoms with Gasteiger partial charge < -0.3 is 19.3 Å². The van der Waals surface area contributed by atoms with Gasteiger partial charge in [0.05, 0.1) is 33.4 Å². The predicted molar refractivity (Wildman–Crippen MR) is 375 cm³/mol. The van der Waals surface area contributed by atoms with Gasteiger partial charge >= 0.3 is 0 Å². The lowest BCUT2D eigenvalue weighted by Crippen LogP contribution is -2.30. The molecule has 0 spiro atoms. The van der Waals surface area contributed by atoms with E-state index in [4.69, 9.17) is 0 Å². The molecular weight excluding hydrogens is 1110 g/mol. The van der Waals surface area contributed by atoms with Crippen molar-refractivity contribution >= 4 is 66.3 Å². The number of Topliss-reactive ketones (excluding diaryl/α,β-unsaturated/α-hetero) is 2. The summed E-state index contributed by atoms with van der Waals surface area (Å²) in [6.45, 7) is 48.3. The number of nitrogens with zero attached hydrogens (tertiary/aromatic N) is 2. The second kappa shape index (κ2) is 22.5. The number of carbonyl (C=O) groups is 2. The van der Waals surface area contributed by atoms with Gasteiger partial charge in [0.2, 0.25) is 0 Å². The topological polar surface area (TPSA) is 84.5 Å². The van der Waals surface area contributed by atoms with Crippen molar-refractivity contribution in [3.05, 3.63) is 154 Å². The highest BCUT2D eigenvalue weighted by molar-refractivity contribution is 6.25. The Kier molecular flexibility index (Phi) is 16.5. The highest BCUT2D eigenvalue weighted by atomic mass is 19.1. The Morgan fingerprint density at radius 1 is 0.389 bits per heavy atom. The van der Waals surface area contributed by atoms with Gasteiger partial charge in [0.25, 0.3) is 0 Å². The first-order valence-electron chi connectivity index (χ1n) is 33.1. The van der Waals surface area contributed by atoms with Crippen LogP contribution in [0.25, 0.3) is 66.1 Å². The molecule has 2 aliphatic rings. The molecule has 0 bridgehead atoms. The van der Waals surface area contributed by atoms with Crippen LogP contribution >= 0.6 is 0 Å². The number of hydrogen-bond acceptors (Lipinski definition) is 4. The maximum absolute atomic E-state index is 16.8. The fraction of sp³-hybridized carbons (Fsp3) is 0.488. The molecule has 6 aromatic carbocycles. The SMILES string of the molecule is CC(C)(C)CC(C)(C)c1cc(C2=CC(F)CC(CCC3CC(F)C=C(c4cc(C(C)(C)CC(C)(C)C)cc(-n5c6cc(C(C)(C)C)ccc6c6ccc(C(C)(C)C)cc65)c4O)C3=O)C2=O)c(O)c(-n2c3cc(C(C)(C)C)ccc3c3ccc(C(C)(C)C)cc32)c1. The summed E-state index contributed by atoms with van der Waals surface area (Å²) in [5.74, 6) is -2.59. The average Bonchev–Trinajstić information content (AvgIpc) is 1.58. The Bertz CT molecular complexity index is 3830. The van der Waals surface area contributed by atoms with Crippen molar-refractivity contribution in [2.75, 3.05) is 0 Å². The van der Waals surface area contributed by atoms with Crippen LogP contribution in [0, 0.1) is 22.7 Å². The summed E-state index contributed by atoms with van der Waals surface area (Å²) in [6, 6.07) is 34.2. The number of ketones is 2. The van der Waals surface area contributed by atoms with Gasteiger partial charge in [0, 0.05) is 55.7 Å². The molecule has 0 aliphatic heterocycles. The lowest BCUT2D eigenvalue weighted by Gasteiger charge is -2.34. The Labute approximate surface area is 536 Å². The van der Waals surface area contributed by atoms with Crippen LogP contribution < -0.4 is 0 Å². The van der Waals surface area contributed by atoms with Crippen LogP contribution in [-0.2, 0) is 42.1 Å². The van der Waals surface area contributed by atoms with E-state index in [2.05, 4.69) is 246 Å². The van der Waals surface area contributed by atoms with Crippen molar-refractivity contribution in [2.24, 2.45) is 22.7 Å². The zero-order valence-corrected chi connectivity index (χ0v) is 58.3. The molecule has 10 rings (SSSR count). The molecule has 8 aromatic rings. The Morgan fingerprint density at radius 3 is 0.900 bits per heavy atom. The summed E-state index contributed by atoms with van der Waals surface area (Å²) in [5, 5.41) is 30.3. The van der Waals surface area contributed by atoms with E-state index in [-0.39, 0.29) is 104 Å². The van der Waals surface area contributed by atoms with Gasteiger partial charge in [-0.1, -0.05) is 201 Å². The molecule has 90 heavy (non-hydrogen) atoms. The van der Waals surface area contributed by atoms with Crippen molar-refractivity contribution < 1.29 is 28.6 Å². The number of hydrogen-bond donors (Lipinski definition) is 2. The summed E-state index contributed by atoms with van der Waals surface area (Å²) in [7, 11) is 0. The van der Waals surface area contributed by atoms with Crippen LogP contribution in [0.4, 0.5) is 8.78 Å². The summed E-state index contributed by atoms with van der Waals surface area (Å²) in [6.07, 6.45) is 1.28.